The minimum Gasteiger partial charge on any atom is -0.463 e. The summed E-state index contributed by atoms with van der Waals surface area (Å²) in [5.41, 5.74) is -1.93. The predicted octanol–water partition coefficient (Wildman–Crippen LogP) is 9.52. The Morgan fingerprint density at radius 3 is 2.33 bits per heavy atom. The van der Waals surface area contributed by atoms with E-state index in [9.17, 15) is 13.2 Å². The molecule has 6 nitrogen and oxygen atoms in total. The maximum absolute atomic E-state index is 15.0. The highest BCUT2D eigenvalue weighted by atomic mass is 32.2. The Hall–Kier alpha value is -1.91. The zero-order chi connectivity index (χ0) is 36.0. The van der Waals surface area contributed by atoms with Crippen LogP contribution in [0.3, 0.4) is 0 Å². The number of ether oxygens (including phenoxy) is 2. The number of esters is 1. The van der Waals surface area contributed by atoms with Crippen molar-refractivity contribution in [3.05, 3.63) is 41.5 Å². The van der Waals surface area contributed by atoms with E-state index in [0.717, 1.165) is 35.8 Å². The molecule has 0 aromatic heterocycles. The molecule has 1 aromatic carbocycles. The summed E-state index contributed by atoms with van der Waals surface area (Å²) in [4.78, 5) is 12.8. The van der Waals surface area contributed by atoms with Gasteiger partial charge in [0.15, 0.2) is 0 Å². The van der Waals surface area contributed by atoms with Crippen molar-refractivity contribution in [2.45, 2.75) is 142 Å². The van der Waals surface area contributed by atoms with Crippen LogP contribution in [0, 0.1) is 53.3 Å². The number of sulfonamides is 1. The van der Waals surface area contributed by atoms with E-state index in [0.29, 0.717) is 35.5 Å². The minimum atomic E-state index is -5.43. The maximum atomic E-state index is 15.0. The van der Waals surface area contributed by atoms with Gasteiger partial charge in [0.25, 0.3) is 0 Å². The van der Waals surface area contributed by atoms with E-state index in [1.165, 1.54) is 69.7 Å². The topological polar surface area (TPSA) is 81.7 Å². The van der Waals surface area contributed by atoms with Gasteiger partial charge in [0.1, 0.15) is 0 Å². The summed E-state index contributed by atoms with van der Waals surface area (Å²) in [5.74, 6) is 1.99. The van der Waals surface area contributed by atoms with Crippen molar-refractivity contribution in [2.24, 2.45) is 46.3 Å². The lowest BCUT2D eigenvalue weighted by Crippen LogP contribution is -2.67. The Bertz CT molecular complexity index is 1480. The monoisotopic (exact) mass is 709 g/mol. The summed E-state index contributed by atoms with van der Waals surface area (Å²) >= 11 is 0. The summed E-state index contributed by atoms with van der Waals surface area (Å²) in [6, 6.07) is 5.37. The number of nitrogens with one attached hydrogen (secondary N) is 1. The smallest absolute Gasteiger partial charge is 0.443 e. The molecular formula is C39H58F3NO5S. The molecule has 1 aromatic rings. The molecule has 0 heterocycles. The summed E-state index contributed by atoms with van der Waals surface area (Å²) in [5, 5.41) is 0. The molecule has 9 unspecified atom stereocenters. The fraction of sp³-hybridized carbons (Fsp3) is 0.769. The lowest BCUT2D eigenvalue weighted by molar-refractivity contribution is -0.295. The van der Waals surface area contributed by atoms with E-state index < -0.39 is 38.9 Å². The number of aryl methyl sites for hydroxylation is 1. The number of carbonyl (C=O) groups excluding carboxylic acids is 1. The summed E-state index contributed by atoms with van der Waals surface area (Å²) in [6.07, 6.45) is 6.46. The van der Waals surface area contributed by atoms with Gasteiger partial charge in [-0.05, 0) is 124 Å². The predicted molar refractivity (Wildman–Crippen MR) is 185 cm³/mol. The molecule has 3 saturated carbocycles. The third kappa shape index (κ3) is 7.26. The van der Waals surface area contributed by atoms with Crippen LogP contribution in [-0.2, 0) is 24.3 Å². The molecule has 0 aliphatic heterocycles. The third-order valence-corrected chi connectivity index (χ3v) is 14.6. The average Bonchev–Trinajstić information content (AvgIpc) is 3.37. The highest BCUT2D eigenvalue weighted by molar-refractivity contribution is 7.89. The Balaban J connectivity index is 1.37. The fourth-order valence-corrected chi connectivity index (χ4v) is 11.8. The second kappa shape index (κ2) is 14.3. The quantitative estimate of drug-likeness (QED) is 0.133. The van der Waals surface area contributed by atoms with Gasteiger partial charge in [-0.1, -0.05) is 83.2 Å². The number of alkyl halides is 3. The van der Waals surface area contributed by atoms with E-state index in [2.05, 4.69) is 40.7 Å². The van der Waals surface area contributed by atoms with Crippen molar-refractivity contribution >= 4 is 16.0 Å². The molecule has 9 atom stereocenters. The first-order chi connectivity index (χ1) is 22.9. The third-order valence-electron chi connectivity index (χ3n) is 13.2. The van der Waals surface area contributed by atoms with Crippen molar-refractivity contribution in [3.63, 3.8) is 0 Å². The van der Waals surface area contributed by atoms with Crippen LogP contribution < -0.4 is 4.72 Å². The van der Waals surface area contributed by atoms with Crippen LogP contribution in [0.1, 0.15) is 118 Å². The zero-order valence-electron chi connectivity index (χ0n) is 30.5. The van der Waals surface area contributed by atoms with E-state index in [-0.39, 0.29) is 24.9 Å². The number of fused-ring (bicyclic) bond motifs is 5. The van der Waals surface area contributed by atoms with Crippen molar-refractivity contribution in [1.82, 2.24) is 4.72 Å². The highest BCUT2D eigenvalue weighted by Gasteiger charge is 2.67. The van der Waals surface area contributed by atoms with Crippen LogP contribution in [-0.4, -0.2) is 39.0 Å². The number of allylic oxidation sites excluding steroid dienone is 1. The Labute approximate surface area is 292 Å². The molecule has 49 heavy (non-hydrogen) atoms. The van der Waals surface area contributed by atoms with Gasteiger partial charge in [-0.3, -0.25) is 0 Å². The molecular weight excluding hydrogens is 651 g/mol. The van der Waals surface area contributed by atoms with Crippen LogP contribution in [0.25, 0.3) is 0 Å². The molecule has 0 spiro atoms. The van der Waals surface area contributed by atoms with Crippen LogP contribution in [0.5, 0.6) is 0 Å². The molecule has 10 heteroatoms. The molecule has 4 aliphatic rings. The highest BCUT2D eigenvalue weighted by Crippen LogP contribution is 2.67. The summed E-state index contributed by atoms with van der Waals surface area (Å²) in [7, 11) is -4.83. The number of benzene rings is 1. The largest absolute Gasteiger partial charge is 0.463 e. The Kier molecular flexibility index (Phi) is 11.1. The van der Waals surface area contributed by atoms with Crippen LogP contribution in [0.2, 0.25) is 0 Å². The molecule has 0 radical (unpaired) electrons. The van der Waals surface area contributed by atoms with E-state index in [4.69, 9.17) is 9.47 Å². The van der Waals surface area contributed by atoms with Gasteiger partial charge >= 0.3 is 17.9 Å². The first-order valence-corrected chi connectivity index (χ1v) is 20.1. The van der Waals surface area contributed by atoms with E-state index in [1.54, 1.807) is 11.6 Å². The molecule has 4 aliphatic carbocycles. The Morgan fingerprint density at radius 1 is 1.00 bits per heavy atom. The second-order valence-corrected chi connectivity index (χ2v) is 18.3. The normalized spacial score (nSPS) is 33.5. The van der Waals surface area contributed by atoms with Gasteiger partial charge < -0.3 is 9.47 Å². The fourth-order valence-electron chi connectivity index (χ4n) is 10.6. The van der Waals surface area contributed by atoms with Crippen LogP contribution in [0.4, 0.5) is 13.2 Å². The van der Waals surface area contributed by atoms with Gasteiger partial charge in [0.05, 0.1) is 17.6 Å². The van der Waals surface area contributed by atoms with Gasteiger partial charge in [-0.15, -0.1) is 0 Å². The SMILES string of the molecule is CCOC(=O)C(NS(=O)(=O)c1ccc(C)cc1)(OC1CCC2(C)C(=CCC3C2CCC2(C)C(C(C)CCCC(C)C)CCC32)C1)C(F)(F)F. The molecule has 0 bridgehead atoms. The molecule has 276 valence electrons. The zero-order valence-corrected chi connectivity index (χ0v) is 31.3. The van der Waals surface area contributed by atoms with Crippen LogP contribution in [0.15, 0.2) is 40.8 Å². The average molecular weight is 710 g/mol. The van der Waals surface area contributed by atoms with Crippen LogP contribution >= 0.6 is 0 Å². The van der Waals surface area contributed by atoms with Gasteiger partial charge in [-0.25, -0.2) is 13.2 Å². The first kappa shape index (κ1) is 38.3. The number of halogens is 3. The number of hydrogen-bond acceptors (Lipinski definition) is 5. The first-order valence-electron chi connectivity index (χ1n) is 18.6. The molecule has 5 rings (SSSR count). The molecule has 3 fully saturated rings. The number of rotatable bonds is 12. The lowest BCUT2D eigenvalue weighted by atomic mass is 9.47. The minimum absolute atomic E-state index is 0.169. The Morgan fingerprint density at radius 2 is 1.69 bits per heavy atom. The van der Waals surface area contributed by atoms with Crippen molar-refractivity contribution in [1.29, 1.82) is 0 Å². The second-order valence-electron chi connectivity index (χ2n) is 16.6. The summed E-state index contributed by atoms with van der Waals surface area (Å²) in [6.45, 7) is 14.6. The number of carbonyl (C=O) groups is 1. The lowest BCUT2D eigenvalue weighted by Gasteiger charge is -2.58. The standard InChI is InChI=1S/C39H58F3NO5S/c1-8-47-35(44)38(39(40,41)42,43-49(45,46)30-15-12-26(4)13-16-30)48-29-20-22-36(6)28(24-29)14-17-31-33-19-18-32(27(5)11-9-10-25(2)3)37(33,7)23-21-34(31)36/h12-16,25,27,29,31-34,43H,8-11,17-24H2,1-7H3. The van der Waals surface area contributed by atoms with Gasteiger partial charge in [-0.2, -0.15) is 17.9 Å². The molecule has 1 N–H and O–H groups in total. The molecule has 0 amide bonds. The van der Waals surface area contributed by atoms with Crippen molar-refractivity contribution < 1.29 is 35.9 Å². The number of hydrogen-bond donors (Lipinski definition) is 1. The van der Waals surface area contributed by atoms with E-state index in [1.807, 2.05) is 0 Å². The maximum Gasteiger partial charge on any atom is 0.443 e. The molecule has 0 saturated heterocycles. The van der Waals surface area contributed by atoms with E-state index >= 15 is 13.2 Å². The summed E-state index contributed by atoms with van der Waals surface area (Å²) < 4.78 is 84.0. The van der Waals surface area contributed by atoms with Crippen molar-refractivity contribution in [2.75, 3.05) is 6.61 Å². The van der Waals surface area contributed by atoms with Gasteiger partial charge in [0, 0.05) is 0 Å². The van der Waals surface area contributed by atoms with Crippen molar-refractivity contribution in [3.8, 4) is 0 Å². The van der Waals surface area contributed by atoms with Gasteiger partial charge in [0.2, 0.25) is 10.0 Å².